The third-order valence-electron chi connectivity index (χ3n) is 2.45. The van der Waals surface area contributed by atoms with Crippen molar-refractivity contribution in [1.29, 1.82) is 5.26 Å². The molecule has 1 aromatic heterocycles. The summed E-state index contributed by atoms with van der Waals surface area (Å²) in [6.45, 7) is 1.85. The van der Waals surface area contributed by atoms with Crippen molar-refractivity contribution in [3.8, 4) is 6.07 Å². The molecule has 6 nitrogen and oxygen atoms in total. The summed E-state index contributed by atoms with van der Waals surface area (Å²) in [5, 5.41) is 8.25. The molecule has 0 bridgehead atoms. The Bertz CT molecular complexity index is 491. The first-order valence-electron chi connectivity index (χ1n) is 6.32. The van der Waals surface area contributed by atoms with Crippen LogP contribution in [0.2, 0.25) is 0 Å². The topological polar surface area (TPSA) is 89.3 Å². The van der Waals surface area contributed by atoms with Crippen LogP contribution < -0.4 is 0 Å². The zero-order valence-corrected chi connectivity index (χ0v) is 11.3. The van der Waals surface area contributed by atoms with Crippen LogP contribution in [0, 0.1) is 11.3 Å². The lowest BCUT2D eigenvalue weighted by Gasteiger charge is -2.03. The van der Waals surface area contributed by atoms with Crippen LogP contribution in [0.3, 0.4) is 0 Å². The molecule has 0 saturated carbocycles. The molecular formula is C14H16N2O4. The monoisotopic (exact) mass is 276 g/mol. The number of ether oxygens (including phenoxy) is 2. The number of aryl methyl sites for hydroxylation is 1. The Morgan fingerprint density at radius 2 is 2.15 bits per heavy atom. The van der Waals surface area contributed by atoms with E-state index >= 15 is 0 Å². The summed E-state index contributed by atoms with van der Waals surface area (Å²) in [6, 6.07) is 5.11. The number of hydrogen-bond acceptors (Lipinski definition) is 6. The van der Waals surface area contributed by atoms with E-state index in [2.05, 4.69) is 9.72 Å². The number of aromatic nitrogens is 1. The van der Waals surface area contributed by atoms with Gasteiger partial charge in [0.05, 0.1) is 12.2 Å². The third kappa shape index (κ3) is 5.48. The van der Waals surface area contributed by atoms with Gasteiger partial charge in [-0.1, -0.05) is 0 Å². The number of rotatable bonds is 7. The second kappa shape index (κ2) is 8.64. The molecule has 0 aliphatic heterocycles. The van der Waals surface area contributed by atoms with Crippen molar-refractivity contribution in [1.82, 2.24) is 4.98 Å². The lowest BCUT2D eigenvalue weighted by Crippen LogP contribution is -2.06. The van der Waals surface area contributed by atoms with Crippen LogP contribution in [-0.2, 0) is 20.7 Å². The molecule has 0 N–H and O–H groups in total. The van der Waals surface area contributed by atoms with Crippen LogP contribution in [0.1, 0.15) is 35.8 Å². The van der Waals surface area contributed by atoms with Crippen LogP contribution in [0.15, 0.2) is 18.3 Å². The highest BCUT2D eigenvalue weighted by atomic mass is 16.5. The molecular weight excluding hydrogens is 260 g/mol. The predicted molar refractivity (Wildman–Crippen MR) is 69.7 cm³/mol. The largest absolute Gasteiger partial charge is 0.462 e. The van der Waals surface area contributed by atoms with E-state index in [1.807, 2.05) is 0 Å². The number of carbonyl (C=O) groups excluding carboxylic acids is 2. The van der Waals surface area contributed by atoms with Gasteiger partial charge in [-0.25, -0.2) is 4.79 Å². The highest BCUT2D eigenvalue weighted by Crippen LogP contribution is 2.06. The molecule has 0 aliphatic carbocycles. The smallest absolute Gasteiger partial charge is 0.339 e. The Kier molecular flexibility index (Phi) is 6.76. The molecule has 0 saturated heterocycles. The van der Waals surface area contributed by atoms with Gasteiger partial charge in [-0.05, 0) is 31.9 Å². The summed E-state index contributed by atoms with van der Waals surface area (Å²) in [7, 11) is 0. The molecule has 0 atom stereocenters. The molecule has 0 amide bonds. The normalized spacial score (nSPS) is 9.60. The number of carbonyl (C=O) groups is 2. The van der Waals surface area contributed by atoms with E-state index in [4.69, 9.17) is 10.00 Å². The summed E-state index contributed by atoms with van der Waals surface area (Å²) in [5.74, 6) is -0.790. The summed E-state index contributed by atoms with van der Waals surface area (Å²) >= 11 is 0. The highest BCUT2D eigenvalue weighted by Gasteiger charge is 2.07. The molecule has 0 fully saturated rings. The lowest BCUT2D eigenvalue weighted by atomic mass is 10.1. The van der Waals surface area contributed by atoms with E-state index < -0.39 is 11.9 Å². The molecule has 0 radical (unpaired) electrons. The SMILES string of the molecule is CCOC(=O)c1ccc(CCCC(=O)OCC#N)nc1. The molecule has 6 heteroatoms. The minimum Gasteiger partial charge on any atom is -0.462 e. The molecule has 0 aromatic carbocycles. The van der Waals surface area contributed by atoms with Gasteiger partial charge in [-0.3, -0.25) is 9.78 Å². The van der Waals surface area contributed by atoms with Crippen molar-refractivity contribution in [3.05, 3.63) is 29.6 Å². The van der Waals surface area contributed by atoms with E-state index in [9.17, 15) is 9.59 Å². The Hall–Kier alpha value is -2.42. The van der Waals surface area contributed by atoms with Gasteiger partial charge in [0, 0.05) is 18.3 Å². The van der Waals surface area contributed by atoms with Gasteiger partial charge >= 0.3 is 11.9 Å². The van der Waals surface area contributed by atoms with Crippen molar-refractivity contribution in [2.24, 2.45) is 0 Å². The predicted octanol–water partition coefficient (Wildman–Crippen LogP) is 1.65. The quantitative estimate of drug-likeness (QED) is 0.703. The van der Waals surface area contributed by atoms with Crippen molar-refractivity contribution in [2.45, 2.75) is 26.2 Å². The molecule has 1 heterocycles. The molecule has 0 unspecified atom stereocenters. The lowest BCUT2D eigenvalue weighted by molar-refractivity contribution is -0.142. The maximum Gasteiger partial charge on any atom is 0.339 e. The van der Waals surface area contributed by atoms with Gasteiger partial charge in [0.2, 0.25) is 0 Å². The number of hydrogen-bond donors (Lipinski definition) is 0. The summed E-state index contributed by atoms with van der Waals surface area (Å²) in [6.07, 6.45) is 2.88. The van der Waals surface area contributed by atoms with Gasteiger partial charge in [0.25, 0.3) is 0 Å². The zero-order valence-electron chi connectivity index (χ0n) is 11.3. The van der Waals surface area contributed by atoms with Gasteiger partial charge in [0.1, 0.15) is 6.07 Å². The van der Waals surface area contributed by atoms with E-state index in [-0.39, 0.29) is 13.0 Å². The maximum absolute atomic E-state index is 11.4. The van der Waals surface area contributed by atoms with Crippen molar-refractivity contribution >= 4 is 11.9 Å². The summed E-state index contributed by atoms with van der Waals surface area (Å²) in [5.41, 5.74) is 1.19. The van der Waals surface area contributed by atoms with Crippen LogP contribution in [0.4, 0.5) is 0 Å². The first kappa shape index (κ1) is 15.6. The first-order chi connectivity index (χ1) is 9.67. The number of nitriles is 1. The van der Waals surface area contributed by atoms with Crippen LogP contribution >= 0.6 is 0 Å². The Labute approximate surface area is 117 Å². The molecule has 0 spiro atoms. The molecule has 1 aromatic rings. The Morgan fingerprint density at radius 1 is 1.35 bits per heavy atom. The second-order valence-corrected chi connectivity index (χ2v) is 3.93. The first-order valence-corrected chi connectivity index (χ1v) is 6.32. The molecule has 0 aliphatic rings. The van der Waals surface area contributed by atoms with Crippen molar-refractivity contribution < 1.29 is 19.1 Å². The highest BCUT2D eigenvalue weighted by molar-refractivity contribution is 5.88. The van der Waals surface area contributed by atoms with E-state index in [0.29, 0.717) is 25.0 Å². The average Bonchev–Trinajstić information content (AvgIpc) is 2.46. The summed E-state index contributed by atoms with van der Waals surface area (Å²) < 4.78 is 9.48. The minimum atomic E-state index is -0.397. The average molecular weight is 276 g/mol. The Balaban J connectivity index is 2.37. The van der Waals surface area contributed by atoms with Gasteiger partial charge < -0.3 is 9.47 Å². The van der Waals surface area contributed by atoms with E-state index in [1.54, 1.807) is 25.1 Å². The van der Waals surface area contributed by atoms with Crippen LogP contribution in [-0.4, -0.2) is 30.1 Å². The van der Waals surface area contributed by atoms with Crippen LogP contribution in [0.25, 0.3) is 0 Å². The Morgan fingerprint density at radius 3 is 2.75 bits per heavy atom. The van der Waals surface area contributed by atoms with E-state index in [0.717, 1.165) is 5.69 Å². The fourth-order valence-corrected chi connectivity index (χ4v) is 1.51. The standard InChI is InChI=1S/C14H16N2O4/c1-2-19-14(18)11-6-7-12(16-10-11)4-3-5-13(17)20-9-8-15/h6-7,10H,2-5,9H2,1H3. The van der Waals surface area contributed by atoms with Gasteiger partial charge in [-0.2, -0.15) is 5.26 Å². The van der Waals surface area contributed by atoms with Crippen molar-refractivity contribution in [2.75, 3.05) is 13.2 Å². The molecule has 1 rings (SSSR count). The maximum atomic E-state index is 11.4. The van der Waals surface area contributed by atoms with Crippen molar-refractivity contribution in [3.63, 3.8) is 0 Å². The summed E-state index contributed by atoms with van der Waals surface area (Å²) in [4.78, 5) is 26.7. The number of esters is 2. The molecule has 20 heavy (non-hydrogen) atoms. The van der Waals surface area contributed by atoms with Gasteiger partial charge in [0.15, 0.2) is 6.61 Å². The fourth-order valence-electron chi connectivity index (χ4n) is 1.51. The molecule has 106 valence electrons. The van der Waals surface area contributed by atoms with Gasteiger partial charge in [-0.15, -0.1) is 0 Å². The third-order valence-corrected chi connectivity index (χ3v) is 2.45. The second-order valence-electron chi connectivity index (χ2n) is 3.93. The number of pyridine rings is 1. The number of nitrogens with zero attached hydrogens (tertiary/aromatic N) is 2. The fraction of sp³-hybridized carbons (Fsp3) is 0.429. The minimum absolute atomic E-state index is 0.217. The zero-order chi connectivity index (χ0) is 14.8. The van der Waals surface area contributed by atoms with E-state index in [1.165, 1.54) is 6.20 Å². The van der Waals surface area contributed by atoms with Crippen LogP contribution in [0.5, 0.6) is 0 Å².